The topological polar surface area (TPSA) is 106 Å². The molecule has 1 saturated heterocycles. The molecule has 3 heterocycles. The summed E-state index contributed by atoms with van der Waals surface area (Å²) in [5.41, 5.74) is 2.57. The lowest BCUT2D eigenvalue weighted by molar-refractivity contribution is 0.0640. The molecule has 4 rings (SSSR count). The third-order valence-electron chi connectivity index (χ3n) is 5.34. The average Bonchev–Trinajstić information content (AvgIpc) is 3.33. The SMILES string of the molecule is O=C(O)c1ccc2c(c1)c(CCC1CCOCC1)cn2CCc1nn[nH]n1. The summed E-state index contributed by atoms with van der Waals surface area (Å²) in [5, 5.41) is 24.4. The molecule has 2 aromatic heterocycles. The van der Waals surface area contributed by atoms with Crippen LogP contribution in [0.3, 0.4) is 0 Å². The van der Waals surface area contributed by atoms with Crippen LogP contribution >= 0.6 is 0 Å². The molecule has 8 heteroatoms. The number of aromatic amines is 1. The Morgan fingerprint density at radius 3 is 2.89 bits per heavy atom. The summed E-state index contributed by atoms with van der Waals surface area (Å²) in [6, 6.07) is 5.35. The van der Waals surface area contributed by atoms with Crippen LogP contribution in [0.5, 0.6) is 0 Å². The molecular weight excluding hydrogens is 346 g/mol. The van der Waals surface area contributed by atoms with Gasteiger partial charge < -0.3 is 14.4 Å². The van der Waals surface area contributed by atoms with Gasteiger partial charge in [-0.15, -0.1) is 10.2 Å². The number of H-pyrrole nitrogens is 1. The molecule has 0 bridgehead atoms. The van der Waals surface area contributed by atoms with Gasteiger partial charge in [0.05, 0.1) is 5.56 Å². The van der Waals surface area contributed by atoms with Gasteiger partial charge >= 0.3 is 5.97 Å². The van der Waals surface area contributed by atoms with Gasteiger partial charge in [-0.25, -0.2) is 4.79 Å². The number of rotatable bonds is 7. The highest BCUT2D eigenvalue weighted by atomic mass is 16.5. The summed E-state index contributed by atoms with van der Waals surface area (Å²) in [6.07, 6.45) is 7.08. The summed E-state index contributed by atoms with van der Waals surface area (Å²) in [6.45, 7) is 2.42. The van der Waals surface area contributed by atoms with E-state index in [1.54, 1.807) is 12.1 Å². The molecule has 2 N–H and O–H groups in total. The van der Waals surface area contributed by atoms with Gasteiger partial charge in [0.25, 0.3) is 0 Å². The van der Waals surface area contributed by atoms with Crippen LogP contribution in [0.1, 0.15) is 41.0 Å². The fourth-order valence-electron chi connectivity index (χ4n) is 3.79. The van der Waals surface area contributed by atoms with E-state index in [1.165, 1.54) is 5.56 Å². The Kier molecular flexibility index (Phi) is 5.15. The van der Waals surface area contributed by atoms with Crippen molar-refractivity contribution in [1.82, 2.24) is 25.2 Å². The minimum Gasteiger partial charge on any atom is -0.478 e. The Labute approximate surface area is 156 Å². The van der Waals surface area contributed by atoms with Crippen molar-refractivity contribution in [3.05, 3.63) is 41.3 Å². The second kappa shape index (κ2) is 7.87. The van der Waals surface area contributed by atoms with Crippen LogP contribution in [0.2, 0.25) is 0 Å². The Balaban J connectivity index is 1.58. The van der Waals surface area contributed by atoms with Gasteiger partial charge in [-0.1, -0.05) is 5.21 Å². The number of carboxylic acids is 1. The van der Waals surface area contributed by atoms with Gasteiger partial charge in [-0.3, -0.25) is 0 Å². The first-order chi connectivity index (χ1) is 13.2. The molecule has 0 atom stereocenters. The van der Waals surface area contributed by atoms with E-state index in [2.05, 4.69) is 31.4 Å². The molecule has 0 saturated carbocycles. The maximum atomic E-state index is 11.4. The minimum atomic E-state index is -0.896. The molecule has 0 spiro atoms. The van der Waals surface area contributed by atoms with Crippen LogP contribution in [-0.4, -0.2) is 49.5 Å². The fourth-order valence-corrected chi connectivity index (χ4v) is 3.79. The van der Waals surface area contributed by atoms with E-state index >= 15 is 0 Å². The number of aromatic nitrogens is 5. The number of hydrogen-bond donors (Lipinski definition) is 2. The number of nitrogens with zero attached hydrogens (tertiary/aromatic N) is 4. The normalized spacial score (nSPS) is 15.4. The lowest BCUT2D eigenvalue weighted by Crippen LogP contribution is -2.16. The number of carbonyl (C=O) groups is 1. The number of aryl methyl sites for hydroxylation is 3. The van der Waals surface area contributed by atoms with E-state index in [9.17, 15) is 9.90 Å². The van der Waals surface area contributed by atoms with E-state index in [-0.39, 0.29) is 0 Å². The number of aromatic carboxylic acids is 1. The summed E-state index contributed by atoms with van der Waals surface area (Å²) >= 11 is 0. The Morgan fingerprint density at radius 1 is 1.30 bits per heavy atom. The van der Waals surface area contributed by atoms with E-state index in [1.807, 2.05) is 6.07 Å². The largest absolute Gasteiger partial charge is 0.478 e. The van der Waals surface area contributed by atoms with Gasteiger partial charge in [0, 0.05) is 43.3 Å². The number of carboxylic acid groups (broad SMARTS) is 1. The first-order valence-electron chi connectivity index (χ1n) is 9.36. The summed E-state index contributed by atoms with van der Waals surface area (Å²) in [4.78, 5) is 11.4. The van der Waals surface area contributed by atoms with E-state index in [0.717, 1.165) is 56.3 Å². The molecule has 0 amide bonds. The van der Waals surface area contributed by atoms with Gasteiger partial charge in [0.1, 0.15) is 0 Å². The van der Waals surface area contributed by atoms with Crippen molar-refractivity contribution in [2.24, 2.45) is 5.92 Å². The molecule has 27 heavy (non-hydrogen) atoms. The molecule has 8 nitrogen and oxygen atoms in total. The predicted molar refractivity (Wildman–Crippen MR) is 98.6 cm³/mol. The summed E-state index contributed by atoms with van der Waals surface area (Å²) < 4.78 is 7.61. The fraction of sp³-hybridized carbons (Fsp3) is 0.474. The summed E-state index contributed by atoms with van der Waals surface area (Å²) in [5.74, 6) is 0.453. The van der Waals surface area contributed by atoms with E-state index in [4.69, 9.17) is 4.74 Å². The van der Waals surface area contributed by atoms with Gasteiger partial charge in [-0.2, -0.15) is 5.21 Å². The number of fused-ring (bicyclic) bond motifs is 1. The molecule has 1 aliphatic heterocycles. The Morgan fingerprint density at radius 2 is 2.15 bits per heavy atom. The molecule has 0 aliphatic carbocycles. The molecule has 0 radical (unpaired) electrons. The number of hydrogen-bond acceptors (Lipinski definition) is 5. The molecule has 1 aromatic carbocycles. The lowest BCUT2D eigenvalue weighted by Gasteiger charge is -2.21. The van der Waals surface area contributed by atoms with Crippen molar-refractivity contribution in [2.45, 2.75) is 38.6 Å². The van der Waals surface area contributed by atoms with Crippen LogP contribution in [-0.2, 0) is 24.1 Å². The zero-order valence-electron chi connectivity index (χ0n) is 15.1. The number of benzene rings is 1. The zero-order valence-corrected chi connectivity index (χ0v) is 15.1. The van der Waals surface area contributed by atoms with Crippen LogP contribution in [0.25, 0.3) is 10.9 Å². The Hall–Kier alpha value is -2.74. The quantitative estimate of drug-likeness (QED) is 0.663. The van der Waals surface area contributed by atoms with Gasteiger partial charge in [0.2, 0.25) is 0 Å². The maximum absolute atomic E-state index is 11.4. The second-order valence-electron chi connectivity index (χ2n) is 7.06. The molecule has 142 valence electrons. The molecule has 1 aliphatic rings. The maximum Gasteiger partial charge on any atom is 0.335 e. The van der Waals surface area contributed by atoms with Crippen molar-refractivity contribution < 1.29 is 14.6 Å². The van der Waals surface area contributed by atoms with Crippen LogP contribution in [0.15, 0.2) is 24.4 Å². The minimum absolute atomic E-state index is 0.325. The highest BCUT2D eigenvalue weighted by molar-refractivity contribution is 5.95. The van der Waals surface area contributed by atoms with Crippen LogP contribution in [0, 0.1) is 5.92 Å². The number of nitrogens with one attached hydrogen (secondary N) is 1. The van der Waals surface area contributed by atoms with Crippen molar-refractivity contribution >= 4 is 16.9 Å². The van der Waals surface area contributed by atoms with E-state index < -0.39 is 5.97 Å². The molecule has 3 aromatic rings. The number of tetrazole rings is 1. The van der Waals surface area contributed by atoms with E-state index in [0.29, 0.717) is 23.7 Å². The number of ether oxygens (including phenoxy) is 1. The highest BCUT2D eigenvalue weighted by Gasteiger charge is 2.17. The third-order valence-corrected chi connectivity index (χ3v) is 5.34. The first-order valence-corrected chi connectivity index (χ1v) is 9.36. The predicted octanol–water partition coefficient (Wildman–Crippen LogP) is 2.45. The molecular formula is C19H23N5O3. The standard InChI is InChI=1S/C19H23N5O3/c25-19(26)14-3-4-17-16(11-14)15(2-1-13-6-9-27-10-7-13)12-24(17)8-5-18-20-22-23-21-18/h3-4,11-13H,1-2,5-10H2,(H,25,26)(H,20,21,22,23). The van der Waals surface area contributed by atoms with Crippen molar-refractivity contribution in [3.63, 3.8) is 0 Å². The highest BCUT2D eigenvalue weighted by Crippen LogP contribution is 2.27. The van der Waals surface area contributed by atoms with Gasteiger partial charge in [0.15, 0.2) is 5.82 Å². The van der Waals surface area contributed by atoms with Gasteiger partial charge in [-0.05, 0) is 55.4 Å². The van der Waals surface area contributed by atoms with Crippen molar-refractivity contribution in [3.8, 4) is 0 Å². The van der Waals surface area contributed by atoms with Crippen LogP contribution in [0.4, 0.5) is 0 Å². The average molecular weight is 369 g/mol. The Bertz CT molecular complexity index is 913. The third kappa shape index (κ3) is 4.00. The summed E-state index contributed by atoms with van der Waals surface area (Å²) in [7, 11) is 0. The second-order valence-corrected chi connectivity index (χ2v) is 7.06. The van der Waals surface area contributed by atoms with Crippen molar-refractivity contribution in [1.29, 1.82) is 0 Å². The van der Waals surface area contributed by atoms with Crippen molar-refractivity contribution in [2.75, 3.05) is 13.2 Å². The first kappa shape index (κ1) is 17.7. The lowest BCUT2D eigenvalue weighted by atomic mass is 9.92. The zero-order chi connectivity index (χ0) is 18.6. The van der Waals surface area contributed by atoms with Crippen LogP contribution < -0.4 is 0 Å². The molecule has 0 unspecified atom stereocenters. The molecule has 1 fully saturated rings. The monoisotopic (exact) mass is 369 g/mol. The smallest absolute Gasteiger partial charge is 0.335 e.